The molecule has 7 nitrogen and oxygen atoms in total. The zero-order valence-electron chi connectivity index (χ0n) is 11.6. The van der Waals surface area contributed by atoms with Gasteiger partial charge in [0.2, 0.25) is 11.8 Å². The van der Waals surface area contributed by atoms with Gasteiger partial charge in [0.15, 0.2) is 0 Å². The highest BCUT2D eigenvalue weighted by atomic mass is 16.6. The number of hydrogen-bond donors (Lipinski definition) is 1. The molecule has 3 rings (SSSR count). The van der Waals surface area contributed by atoms with Crippen LogP contribution < -0.4 is 10.2 Å². The summed E-state index contributed by atoms with van der Waals surface area (Å²) >= 11 is 0. The van der Waals surface area contributed by atoms with E-state index in [1.807, 2.05) is 23.1 Å². The van der Waals surface area contributed by atoms with Crippen molar-refractivity contribution in [2.24, 2.45) is 0 Å². The molecule has 1 aliphatic heterocycles. The lowest BCUT2D eigenvalue weighted by atomic mass is 10.00. The third-order valence-electron chi connectivity index (χ3n) is 3.60. The number of nitrogens with one attached hydrogen (secondary N) is 1. The predicted octanol–water partition coefficient (Wildman–Crippen LogP) is 1.99. The van der Waals surface area contributed by atoms with E-state index >= 15 is 0 Å². The molecule has 21 heavy (non-hydrogen) atoms. The van der Waals surface area contributed by atoms with Gasteiger partial charge in [-0.25, -0.2) is 4.98 Å². The Morgan fingerprint density at radius 2 is 2.10 bits per heavy atom. The first kappa shape index (κ1) is 13.3. The maximum absolute atomic E-state index is 11.2. The fraction of sp³-hybridized carbons (Fsp3) is 0.286. The summed E-state index contributed by atoms with van der Waals surface area (Å²) in [4.78, 5) is 20.9. The largest absolute Gasteiger partial charge is 0.357 e. The number of aromatic nitrogens is 2. The Bertz CT molecular complexity index is 689. The summed E-state index contributed by atoms with van der Waals surface area (Å²) in [5.41, 5.74) is 2.41. The number of nitrogens with zero attached hydrogens (tertiary/aromatic N) is 4. The second-order valence-electron chi connectivity index (χ2n) is 4.85. The number of anilines is 2. The van der Waals surface area contributed by atoms with Crippen molar-refractivity contribution in [2.75, 3.05) is 23.8 Å². The minimum absolute atomic E-state index is 0.0617. The molecular weight excluding hydrogens is 270 g/mol. The van der Waals surface area contributed by atoms with Crippen LogP contribution in [0.15, 0.2) is 30.5 Å². The second-order valence-corrected chi connectivity index (χ2v) is 4.85. The molecule has 1 aromatic heterocycles. The minimum Gasteiger partial charge on any atom is -0.357 e. The summed E-state index contributed by atoms with van der Waals surface area (Å²) in [6.07, 6.45) is 2.11. The summed E-state index contributed by atoms with van der Waals surface area (Å²) in [5.74, 6) is 0.753. The standard InChI is InChI=1S/C14H15N5O2/c1-15-14-16-8-12(19(20)21)13(17-14)18-7-6-10-4-2-3-5-11(10)9-18/h2-5,8H,6-7,9H2,1H3,(H,15,16,17). The Hall–Kier alpha value is -2.70. The lowest BCUT2D eigenvalue weighted by Gasteiger charge is -2.29. The van der Waals surface area contributed by atoms with Crippen molar-refractivity contribution in [2.45, 2.75) is 13.0 Å². The Balaban J connectivity index is 1.99. The molecule has 0 fully saturated rings. The maximum Gasteiger partial charge on any atom is 0.329 e. The molecule has 108 valence electrons. The average Bonchev–Trinajstić information content (AvgIpc) is 2.53. The van der Waals surface area contributed by atoms with E-state index in [2.05, 4.69) is 21.4 Å². The molecule has 2 aromatic rings. The molecule has 1 N–H and O–H groups in total. The average molecular weight is 285 g/mol. The van der Waals surface area contributed by atoms with Crippen LogP contribution in [0.4, 0.5) is 17.5 Å². The first-order valence-electron chi connectivity index (χ1n) is 6.70. The summed E-state index contributed by atoms with van der Waals surface area (Å²) in [7, 11) is 1.69. The fourth-order valence-electron chi connectivity index (χ4n) is 2.52. The van der Waals surface area contributed by atoms with E-state index in [1.54, 1.807) is 7.05 Å². The van der Waals surface area contributed by atoms with E-state index in [-0.39, 0.29) is 5.69 Å². The molecule has 0 saturated carbocycles. The van der Waals surface area contributed by atoms with E-state index in [4.69, 9.17) is 0 Å². The minimum atomic E-state index is -0.435. The number of nitro groups is 1. The van der Waals surface area contributed by atoms with Gasteiger partial charge in [0.1, 0.15) is 6.20 Å². The summed E-state index contributed by atoms with van der Waals surface area (Å²) in [6, 6.07) is 8.14. The summed E-state index contributed by atoms with van der Waals surface area (Å²) in [5, 5.41) is 14.0. The Kier molecular flexibility index (Phi) is 3.39. The van der Waals surface area contributed by atoms with Gasteiger partial charge in [0, 0.05) is 20.1 Å². The lowest BCUT2D eigenvalue weighted by molar-refractivity contribution is -0.384. The van der Waals surface area contributed by atoms with Crippen LogP contribution in [0, 0.1) is 10.1 Å². The Morgan fingerprint density at radius 3 is 2.81 bits per heavy atom. The van der Waals surface area contributed by atoms with Crippen molar-refractivity contribution in [1.29, 1.82) is 0 Å². The van der Waals surface area contributed by atoms with Gasteiger partial charge >= 0.3 is 5.69 Å². The van der Waals surface area contributed by atoms with Crippen LogP contribution in [0.5, 0.6) is 0 Å². The third-order valence-corrected chi connectivity index (χ3v) is 3.60. The van der Waals surface area contributed by atoms with E-state index in [9.17, 15) is 10.1 Å². The molecule has 0 aliphatic carbocycles. The number of benzene rings is 1. The molecule has 1 aromatic carbocycles. The molecule has 0 atom stereocenters. The van der Waals surface area contributed by atoms with Crippen molar-refractivity contribution in [3.05, 3.63) is 51.7 Å². The molecule has 2 heterocycles. The zero-order chi connectivity index (χ0) is 14.8. The fourth-order valence-corrected chi connectivity index (χ4v) is 2.52. The molecule has 7 heteroatoms. The van der Waals surface area contributed by atoms with Crippen molar-refractivity contribution in [3.63, 3.8) is 0 Å². The van der Waals surface area contributed by atoms with Gasteiger partial charge in [-0.2, -0.15) is 4.98 Å². The van der Waals surface area contributed by atoms with Crippen molar-refractivity contribution >= 4 is 17.5 Å². The zero-order valence-corrected chi connectivity index (χ0v) is 11.6. The van der Waals surface area contributed by atoms with Crippen LogP contribution in [0.25, 0.3) is 0 Å². The van der Waals surface area contributed by atoms with E-state index < -0.39 is 4.92 Å². The highest BCUT2D eigenvalue weighted by molar-refractivity contribution is 5.60. The Morgan fingerprint density at radius 1 is 1.33 bits per heavy atom. The van der Waals surface area contributed by atoms with Crippen molar-refractivity contribution < 1.29 is 4.92 Å². The first-order valence-corrected chi connectivity index (χ1v) is 6.70. The SMILES string of the molecule is CNc1ncc([N+](=O)[O-])c(N2CCc3ccccc3C2)n1. The Labute approximate surface area is 121 Å². The molecule has 0 spiro atoms. The molecule has 0 unspecified atom stereocenters. The number of hydrogen-bond acceptors (Lipinski definition) is 6. The summed E-state index contributed by atoms with van der Waals surface area (Å²) in [6.45, 7) is 1.33. The van der Waals surface area contributed by atoms with Crippen LogP contribution in [0.3, 0.4) is 0 Å². The van der Waals surface area contributed by atoms with Gasteiger partial charge in [-0.3, -0.25) is 10.1 Å². The highest BCUT2D eigenvalue weighted by Crippen LogP contribution is 2.30. The van der Waals surface area contributed by atoms with Crippen LogP contribution >= 0.6 is 0 Å². The van der Waals surface area contributed by atoms with E-state index in [0.29, 0.717) is 24.9 Å². The molecular formula is C14H15N5O2. The van der Waals surface area contributed by atoms with Gasteiger partial charge in [-0.05, 0) is 17.5 Å². The van der Waals surface area contributed by atoms with Crippen LogP contribution in [-0.4, -0.2) is 28.5 Å². The van der Waals surface area contributed by atoms with E-state index in [0.717, 1.165) is 6.42 Å². The van der Waals surface area contributed by atoms with Crippen LogP contribution in [0.1, 0.15) is 11.1 Å². The van der Waals surface area contributed by atoms with Crippen molar-refractivity contribution in [3.8, 4) is 0 Å². The normalized spacial score (nSPS) is 13.7. The first-order chi connectivity index (χ1) is 10.2. The van der Waals surface area contributed by atoms with Gasteiger partial charge in [0.25, 0.3) is 0 Å². The van der Waals surface area contributed by atoms with Crippen LogP contribution in [-0.2, 0) is 13.0 Å². The predicted molar refractivity (Wildman–Crippen MR) is 79.4 cm³/mol. The van der Waals surface area contributed by atoms with Crippen molar-refractivity contribution in [1.82, 2.24) is 9.97 Å². The van der Waals surface area contributed by atoms with Crippen LogP contribution in [0.2, 0.25) is 0 Å². The third kappa shape index (κ3) is 2.49. The van der Waals surface area contributed by atoms with E-state index in [1.165, 1.54) is 17.3 Å². The summed E-state index contributed by atoms with van der Waals surface area (Å²) < 4.78 is 0. The maximum atomic E-state index is 11.2. The molecule has 1 aliphatic rings. The molecule has 0 bridgehead atoms. The number of fused-ring (bicyclic) bond motifs is 1. The van der Waals surface area contributed by atoms with Gasteiger partial charge in [0.05, 0.1) is 4.92 Å². The second kappa shape index (κ2) is 5.35. The smallest absolute Gasteiger partial charge is 0.329 e. The highest BCUT2D eigenvalue weighted by Gasteiger charge is 2.25. The molecule has 0 radical (unpaired) electrons. The molecule has 0 saturated heterocycles. The topological polar surface area (TPSA) is 84.2 Å². The van der Waals surface area contributed by atoms with Gasteiger partial charge in [-0.1, -0.05) is 24.3 Å². The molecule has 0 amide bonds. The number of rotatable bonds is 3. The van der Waals surface area contributed by atoms with Gasteiger partial charge < -0.3 is 10.2 Å². The lowest BCUT2D eigenvalue weighted by Crippen LogP contribution is -2.31. The quantitative estimate of drug-likeness (QED) is 0.685. The van der Waals surface area contributed by atoms with Gasteiger partial charge in [-0.15, -0.1) is 0 Å². The monoisotopic (exact) mass is 285 g/mol.